The normalized spacial score (nSPS) is 13.5. The zero-order valence-electron chi connectivity index (χ0n) is 62.8. The third kappa shape index (κ3) is 10.3. The average molecular weight is 1350 g/mol. The Labute approximate surface area is 613 Å². The highest BCUT2D eigenvalue weighted by Crippen LogP contribution is 2.53. The van der Waals surface area contributed by atoms with E-state index in [-0.39, 0.29) is 33.8 Å². The van der Waals surface area contributed by atoms with Crippen LogP contribution in [0.2, 0.25) is 0 Å². The van der Waals surface area contributed by atoms with Crippen molar-refractivity contribution in [2.75, 3.05) is 9.80 Å². The fourth-order valence-corrected chi connectivity index (χ4v) is 17.1. The van der Waals surface area contributed by atoms with Gasteiger partial charge in [-0.2, -0.15) is 0 Å². The summed E-state index contributed by atoms with van der Waals surface area (Å²) in [6.45, 7) is 35.0. The van der Waals surface area contributed by atoms with E-state index in [0.29, 0.717) is 0 Å². The van der Waals surface area contributed by atoms with Crippen molar-refractivity contribution < 1.29 is 0 Å². The summed E-state index contributed by atoms with van der Waals surface area (Å²) < 4.78 is 7.52. The lowest BCUT2D eigenvalue weighted by atomic mass is 9.33. The predicted octanol–water partition coefficient (Wildman–Crippen LogP) is 24.9. The fourth-order valence-electron chi connectivity index (χ4n) is 17.1. The summed E-state index contributed by atoms with van der Waals surface area (Å²) in [5.41, 5.74) is 31.8. The molecule has 13 aromatic carbocycles. The second kappa shape index (κ2) is 23.2. The van der Waals surface area contributed by atoms with E-state index in [0.717, 1.165) is 50.8 Å². The number of anilines is 6. The highest BCUT2D eigenvalue weighted by atomic mass is 15.2. The van der Waals surface area contributed by atoms with Gasteiger partial charge in [0.15, 0.2) is 0 Å². The van der Waals surface area contributed by atoms with Gasteiger partial charge in [0.25, 0.3) is 6.71 Å². The molecule has 0 unspecified atom stereocenters. The SMILES string of the molecule is CC(C)(C)c1ccc(-c2cc(C(C)(C)C)ccc2N2c3cc(-n4c5ccccc5c5ccccc54)ccc3B3c4ccc(-n5c6ccccc6c6cc7c8ccccc8n(-c8ccccc8)c7cc65)cc4N(c4ccc(C(C)(C)C)cc4-c4ccc(C(C)(C)C)cc4)c4cc(C(C)(C)C)cc2c43)cc1. The van der Waals surface area contributed by atoms with E-state index in [1.807, 2.05) is 0 Å². The smallest absolute Gasteiger partial charge is 0.252 e. The molecule has 0 atom stereocenters. The molecule has 0 spiro atoms. The molecule has 2 aliphatic heterocycles. The van der Waals surface area contributed by atoms with Crippen LogP contribution in [0.4, 0.5) is 34.1 Å². The first-order valence-corrected chi connectivity index (χ1v) is 37.3. The second-order valence-electron chi connectivity index (χ2n) is 34.7. The Hall–Kier alpha value is -11.1. The molecular weight excluding hydrogens is 1260 g/mol. The highest BCUT2D eigenvalue weighted by Gasteiger charge is 2.46. The molecule has 6 heteroatoms. The summed E-state index contributed by atoms with van der Waals surface area (Å²) in [6.07, 6.45) is 0. The van der Waals surface area contributed by atoms with E-state index >= 15 is 0 Å². The molecule has 16 aromatic rings. The zero-order chi connectivity index (χ0) is 71.8. The number of hydrogen-bond donors (Lipinski definition) is 0. The minimum atomic E-state index is -0.286. The summed E-state index contributed by atoms with van der Waals surface area (Å²) >= 11 is 0. The van der Waals surface area contributed by atoms with Crippen molar-refractivity contribution in [3.8, 4) is 39.3 Å². The van der Waals surface area contributed by atoms with Crippen molar-refractivity contribution in [2.45, 2.75) is 131 Å². The maximum Gasteiger partial charge on any atom is 0.252 e. The van der Waals surface area contributed by atoms with Gasteiger partial charge in [0, 0.05) is 83.3 Å². The van der Waals surface area contributed by atoms with Crippen LogP contribution in [0, 0.1) is 0 Å². The fraction of sp³-hybridized carbons (Fsp3) is 0.204. The Kier molecular flexibility index (Phi) is 14.5. The number of hydrogen-bond acceptors (Lipinski definition) is 2. The molecule has 0 saturated carbocycles. The van der Waals surface area contributed by atoms with Gasteiger partial charge in [0.05, 0.1) is 44.5 Å². The van der Waals surface area contributed by atoms with Crippen molar-refractivity contribution in [2.24, 2.45) is 0 Å². The molecule has 3 aromatic heterocycles. The van der Waals surface area contributed by atoms with Gasteiger partial charge in [0.2, 0.25) is 0 Å². The Balaban J connectivity index is 0.975. The van der Waals surface area contributed by atoms with Crippen molar-refractivity contribution in [3.63, 3.8) is 0 Å². The minimum absolute atomic E-state index is 0.0158. The van der Waals surface area contributed by atoms with Crippen LogP contribution in [0.25, 0.3) is 105 Å². The molecule has 2 aliphatic rings. The monoisotopic (exact) mass is 1350 g/mol. The molecule has 0 amide bonds. The third-order valence-corrected chi connectivity index (χ3v) is 22.8. The summed E-state index contributed by atoms with van der Waals surface area (Å²) in [6, 6.07) is 105. The van der Waals surface area contributed by atoms with Crippen molar-refractivity contribution in [3.05, 3.63) is 301 Å². The maximum absolute atomic E-state index is 2.70. The third-order valence-electron chi connectivity index (χ3n) is 22.8. The van der Waals surface area contributed by atoms with Gasteiger partial charge in [-0.25, -0.2) is 0 Å². The molecule has 0 radical (unpaired) electrons. The van der Waals surface area contributed by atoms with Crippen LogP contribution >= 0.6 is 0 Å². The molecule has 5 nitrogen and oxygen atoms in total. The molecule has 510 valence electrons. The molecule has 0 N–H and O–H groups in total. The summed E-state index contributed by atoms with van der Waals surface area (Å²) in [5, 5.41) is 7.41. The van der Waals surface area contributed by atoms with Gasteiger partial charge in [-0.3, -0.25) is 0 Å². The Morgan fingerprint density at radius 2 is 0.558 bits per heavy atom. The highest BCUT2D eigenvalue weighted by molar-refractivity contribution is 7.00. The van der Waals surface area contributed by atoms with Crippen molar-refractivity contribution in [1.29, 1.82) is 0 Å². The quantitative estimate of drug-likeness (QED) is 0.148. The number of para-hydroxylation sites is 5. The van der Waals surface area contributed by atoms with Crippen LogP contribution in [-0.2, 0) is 27.1 Å². The topological polar surface area (TPSA) is 21.3 Å². The summed E-state index contributed by atoms with van der Waals surface area (Å²) in [5.74, 6) is 0. The average Bonchev–Trinajstić information content (AvgIpc) is 0.841. The largest absolute Gasteiger partial charge is 0.311 e. The molecule has 0 saturated heterocycles. The van der Waals surface area contributed by atoms with Crippen LogP contribution in [0.1, 0.15) is 132 Å². The first-order valence-electron chi connectivity index (χ1n) is 37.3. The number of rotatable bonds is 7. The number of aromatic nitrogens is 3. The van der Waals surface area contributed by atoms with E-state index in [2.05, 4.69) is 400 Å². The van der Waals surface area contributed by atoms with Gasteiger partial charge < -0.3 is 23.5 Å². The van der Waals surface area contributed by atoms with Crippen LogP contribution in [0.15, 0.2) is 273 Å². The summed E-state index contributed by atoms with van der Waals surface area (Å²) in [7, 11) is 0. The van der Waals surface area contributed by atoms with Gasteiger partial charge in [-0.05, 0) is 192 Å². The number of fused-ring (bicyclic) bond motifs is 13. The molecule has 0 fully saturated rings. The van der Waals surface area contributed by atoms with Crippen LogP contribution in [0.5, 0.6) is 0 Å². The van der Waals surface area contributed by atoms with Gasteiger partial charge in [0.1, 0.15) is 0 Å². The lowest BCUT2D eigenvalue weighted by Gasteiger charge is -2.46. The predicted molar refractivity (Wildman–Crippen MR) is 448 cm³/mol. The first kappa shape index (κ1) is 65.0. The van der Waals surface area contributed by atoms with E-state index in [1.54, 1.807) is 0 Å². The van der Waals surface area contributed by atoms with Crippen molar-refractivity contribution >= 4 is 123 Å². The Bertz CT molecular complexity index is 6130. The standard InChI is InChI=1S/C98H90BN5/c1-94(2,3)63-41-37-61(38-42-63)75-53-65(96(7,8)9)45-51-85(75)103-89-57-69(101-81-33-23-19-29-71(81)72-30-20-24-34-82(72)101)47-49-79(89)99-80-50-48-70(102-84-36-26-22-32-74(84)78-59-77-73-31-21-25-35-83(73)100(87(77)60-88(78)102)68-27-17-16-18-28-68)58-90(80)104(92-56-67(98(13,14)15)55-91(103)93(92)99)86-52-46-66(97(10,11)12)54-76(86)62-39-43-64(44-40-62)95(4,5)6/h16-60H,1-15H3. The Morgan fingerprint density at radius 3 is 0.942 bits per heavy atom. The summed E-state index contributed by atoms with van der Waals surface area (Å²) in [4.78, 5) is 5.39. The number of nitrogens with zero attached hydrogens (tertiary/aromatic N) is 5. The van der Waals surface area contributed by atoms with E-state index < -0.39 is 0 Å². The van der Waals surface area contributed by atoms with Gasteiger partial charge >= 0.3 is 0 Å². The van der Waals surface area contributed by atoms with E-state index in [9.17, 15) is 0 Å². The van der Waals surface area contributed by atoms with E-state index in [4.69, 9.17) is 0 Å². The lowest BCUT2D eigenvalue weighted by molar-refractivity contribution is 0.589. The first-order chi connectivity index (χ1) is 49.8. The lowest BCUT2D eigenvalue weighted by Crippen LogP contribution is -2.61. The second-order valence-corrected chi connectivity index (χ2v) is 34.7. The van der Waals surface area contributed by atoms with Gasteiger partial charge in [-0.1, -0.05) is 268 Å². The molecule has 5 heterocycles. The van der Waals surface area contributed by atoms with Crippen LogP contribution in [0.3, 0.4) is 0 Å². The molecular formula is C98H90BN5. The molecule has 18 rings (SSSR count). The van der Waals surface area contributed by atoms with E-state index in [1.165, 1.54) is 132 Å². The molecule has 0 bridgehead atoms. The Morgan fingerprint density at radius 1 is 0.221 bits per heavy atom. The molecule has 104 heavy (non-hydrogen) atoms. The zero-order valence-corrected chi connectivity index (χ0v) is 62.8. The van der Waals surface area contributed by atoms with Crippen molar-refractivity contribution in [1.82, 2.24) is 13.7 Å². The minimum Gasteiger partial charge on any atom is -0.311 e. The molecule has 0 aliphatic carbocycles. The van der Waals surface area contributed by atoms with Crippen LogP contribution < -0.4 is 26.2 Å². The van der Waals surface area contributed by atoms with Crippen LogP contribution in [-0.4, -0.2) is 20.4 Å². The van der Waals surface area contributed by atoms with Gasteiger partial charge in [-0.15, -0.1) is 0 Å². The number of benzene rings is 13. The maximum atomic E-state index is 2.70.